The van der Waals surface area contributed by atoms with Crippen LogP contribution in [0.1, 0.15) is 100.0 Å². The fourth-order valence-electron chi connectivity index (χ4n) is 11.7. The number of ether oxygens (including phenoxy) is 6. The quantitative estimate of drug-likeness (QED) is 0.0341. The molecule has 19 nitrogen and oxygen atoms in total. The van der Waals surface area contributed by atoms with Crippen molar-refractivity contribution in [3.05, 3.63) is 151 Å². The number of thiazole rings is 1. The molecule has 0 aliphatic carbocycles. The number of fused-ring (bicyclic) bond motifs is 1. The number of aliphatic hydroxyl groups excluding tert-OH is 1. The zero-order valence-corrected chi connectivity index (χ0v) is 51.2. The van der Waals surface area contributed by atoms with E-state index in [1.165, 1.54) is 16.2 Å². The van der Waals surface area contributed by atoms with Crippen molar-refractivity contribution in [1.29, 1.82) is 0 Å². The van der Waals surface area contributed by atoms with Crippen molar-refractivity contribution in [2.75, 3.05) is 84.1 Å². The first-order valence-electron chi connectivity index (χ1n) is 29.8. The molecule has 20 heteroatoms. The van der Waals surface area contributed by atoms with Gasteiger partial charge in [-0.25, -0.2) is 4.98 Å². The third kappa shape index (κ3) is 15.4. The number of benzene rings is 4. The summed E-state index contributed by atoms with van der Waals surface area (Å²) in [7, 11) is 0. The van der Waals surface area contributed by atoms with Crippen LogP contribution >= 0.6 is 11.3 Å². The number of aromatic nitrogens is 2. The van der Waals surface area contributed by atoms with Crippen LogP contribution in [-0.4, -0.2) is 152 Å². The molecule has 1 unspecified atom stereocenters. The van der Waals surface area contributed by atoms with E-state index in [0.29, 0.717) is 87.6 Å². The Balaban J connectivity index is 0.708. The minimum atomic E-state index is -0.924. The van der Waals surface area contributed by atoms with Gasteiger partial charge in [-0.05, 0) is 129 Å². The van der Waals surface area contributed by atoms with Crippen LogP contribution in [0.25, 0.3) is 21.6 Å². The van der Waals surface area contributed by atoms with Crippen LogP contribution in [0, 0.1) is 33.6 Å². The molecule has 3 aliphatic rings. The second-order valence-electron chi connectivity index (χ2n) is 22.5. The Morgan fingerprint density at radius 2 is 1.50 bits per heavy atom. The van der Waals surface area contributed by atoms with Gasteiger partial charge >= 0.3 is 0 Å². The number of carbonyl (C=O) groups excluding carboxylic acids is 4. The highest BCUT2D eigenvalue weighted by Gasteiger charge is 2.46. The summed E-state index contributed by atoms with van der Waals surface area (Å²) < 4.78 is 35.4. The monoisotopic (exact) mass is 1200 g/mol. The maximum atomic E-state index is 14.3. The molecule has 9 rings (SSSR count). The fraction of sp³-hybridized carbons (Fsp3) is 0.455. The largest absolute Gasteiger partial charge is 0.491 e. The van der Waals surface area contributed by atoms with Crippen LogP contribution in [0.2, 0.25) is 0 Å². The zero-order chi connectivity index (χ0) is 60.9. The molecule has 0 spiro atoms. The number of amides is 4. The summed E-state index contributed by atoms with van der Waals surface area (Å²) in [6.07, 6.45) is 0.986. The maximum Gasteiger partial charge on any atom is 0.255 e. The van der Waals surface area contributed by atoms with Gasteiger partial charge in [-0.15, -0.1) is 11.3 Å². The first-order valence-corrected chi connectivity index (χ1v) is 30.7. The lowest BCUT2D eigenvalue weighted by Crippen LogP contribution is -2.55. The molecule has 6 aromatic rings. The van der Waals surface area contributed by atoms with Gasteiger partial charge in [0.1, 0.15) is 36.8 Å². The predicted molar refractivity (Wildman–Crippen MR) is 330 cm³/mol. The molecule has 3 aliphatic heterocycles. The van der Waals surface area contributed by atoms with Crippen molar-refractivity contribution in [3.63, 3.8) is 0 Å². The van der Waals surface area contributed by atoms with E-state index >= 15 is 0 Å². The van der Waals surface area contributed by atoms with Crippen LogP contribution in [0.15, 0.2) is 95.2 Å². The number of nitrogens with one attached hydrogen (secondary N) is 3. The molecule has 5 heterocycles. The average molecular weight is 1200 g/mol. The summed E-state index contributed by atoms with van der Waals surface area (Å²) in [5, 5.41) is 16.8. The number of carbonyl (C=O) groups is 4. The Morgan fingerprint density at radius 3 is 2.16 bits per heavy atom. The molecule has 2 fully saturated rings. The highest BCUT2D eigenvalue weighted by atomic mass is 32.1. The number of H-pyrrole nitrogens is 1. The summed E-state index contributed by atoms with van der Waals surface area (Å²) in [5.74, 6) is -0.228. The zero-order valence-electron chi connectivity index (χ0n) is 50.4. The third-order valence-corrected chi connectivity index (χ3v) is 17.2. The maximum absolute atomic E-state index is 14.3. The third-order valence-electron chi connectivity index (χ3n) is 16.2. The number of pyridine rings is 1. The van der Waals surface area contributed by atoms with Crippen LogP contribution in [-0.2, 0) is 48.2 Å². The van der Waals surface area contributed by atoms with Crippen LogP contribution < -0.4 is 30.6 Å². The molecule has 4 N–H and O–H groups in total. The van der Waals surface area contributed by atoms with E-state index in [9.17, 15) is 29.1 Å². The van der Waals surface area contributed by atoms with E-state index in [1.54, 1.807) is 22.5 Å². The highest BCUT2D eigenvalue weighted by molar-refractivity contribution is 7.13. The number of β-amino-alcohol motifs (C(OH)–C–C–N with tert-alkyl or cyclic N) is 1. The minimum absolute atomic E-state index is 0.0102. The summed E-state index contributed by atoms with van der Waals surface area (Å²) in [6.45, 7) is 18.9. The fourth-order valence-corrected chi connectivity index (χ4v) is 12.5. The molecule has 0 bridgehead atoms. The molecule has 2 aromatic heterocycles. The molecule has 0 radical (unpaired) electrons. The Labute approximate surface area is 507 Å². The van der Waals surface area contributed by atoms with Crippen molar-refractivity contribution in [2.24, 2.45) is 5.92 Å². The van der Waals surface area contributed by atoms with Gasteiger partial charge in [0.05, 0.1) is 61.8 Å². The van der Waals surface area contributed by atoms with E-state index in [4.69, 9.17) is 28.4 Å². The molecule has 3 atom stereocenters. The van der Waals surface area contributed by atoms with Gasteiger partial charge < -0.3 is 63.8 Å². The van der Waals surface area contributed by atoms with Crippen LogP contribution in [0.4, 0.5) is 5.69 Å². The van der Waals surface area contributed by atoms with E-state index in [2.05, 4.69) is 38.5 Å². The summed E-state index contributed by atoms with van der Waals surface area (Å²) in [4.78, 5) is 82.2. The molecule has 4 amide bonds. The Hall–Kier alpha value is -7.46. The molecule has 458 valence electrons. The van der Waals surface area contributed by atoms with Crippen molar-refractivity contribution in [2.45, 2.75) is 112 Å². The van der Waals surface area contributed by atoms with Gasteiger partial charge in [0.25, 0.3) is 17.4 Å². The van der Waals surface area contributed by atoms with Gasteiger partial charge in [-0.2, -0.15) is 0 Å². The minimum Gasteiger partial charge on any atom is -0.491 e. The summed E-state index contributed by atoms with van der Waals surface area (Å²) in [6, 6.07) is 25.5. The van der Waals surface area contributed by atoms with E-state index in [1.807, 2.05) is 108 Å². The number of likely N-dealkylation sites (tertiary alicyclic amines) is 1. The molecular formula is C66H81N7O12S. The van der Waals surface area contributed by atoms with E-state index in [0.717, 1.165) is 80.3 Å². The summed E-state index contributed by atoms with van der Waals surface area (Å²) >= 11 is 1.52. The number of hydrogen-bond acceptors (Lipinski definition) is 15. The average Bonchev–Trinajstić information content (AvgIpc) is 1.71. The summed E-state index contributed by atoms with van der Waals surface area (Å²) in [5.41, 5.74) is 11.9. The SMILES string of the molecule is CCN(c1cc(-c2ccc(OCCOCCOCCOCCOc3cc(-c4scnc4C)ccc3CNC(=O)[C@@H]3C[C@@H](O)CN3C(=O)C(C(C)C)N3Cc4ccccc4C3=O)cc2)cc(C(=O)NCc2c(C)cc(C)[nH]c2=O)c1C)C1CCOCC1. The van der Waals surface area contributed by atoms with Crippen molar-refractivity contribution < 1.29 is 52.7 Å². The molecular weight excluding hydrogens is 1110 g/mol. The first kappa shape index (κ1) is 63.1. The highest BCUT2D eigenvalue weighted by Crippen LogP contribution is 2.36. The topological polar surface area (TPSA) is 223 Å². The second kappa shape index (κ2) is 29.8. The number of rotatable bonds is 28. The standard InChI is InChI=1S/C66H81N7O12S/c1-8-71(51-19-21-80-22-20-51)57-33-50(32-55(44(57)6)62(75)68-37-56-42(4)31-43(5)70-63(56)76)46-15-17-53(18-16-46)84-29-27-82-25-23-81-24-26-83-28-30-85-59-34-47(61-45(7)69-40-86-61)13-14-48(59)36-67-64(77)58-35-52(74)39-72(58)66(79)60(41(2)3)73-38-49-11-9-10-12-54(49)65(73)78/h9-18,31-34,40-41,51-52,58,60,74H,8,19-30,35-39H2,1-7H3,(H,67,77)(H,68,75)(H,70,76)/t52-,58+,60?/m1/s1. The lowest BCUT2D eigenvalue weighted by Gasteiger charge is -2.37. The van der Waals surface area contributed by atoms with Crippen molar-refractivity contribution in [3.8, 4) is 33.1 Å². The number of aromatic amines is 1. The second-order valence-corrected chi connectivity index (χ2v) is 23.3. The molecule has 4 aromatic carbocycles. The number of aryl methyl sites for hydroxylation is 3. The molecule has 0 saturated carbocycles. The predicted octanol–water partition coefficient (Wildman–Crippen LogP) is 8.10. The van der Waals surface area contributed by atoms with Gasteiger partial charge in [0.15, 0.2) is 0 Å². The number of anilines is 1. The normalized spacial score (nSPS) is 16.4. The van der Waals surface area contributed by atoms with E-state index in [-0.39, 0.29) is 74.5 Å². The lowest BCUT2D eigenvalue weighted by molar-refractivity contribution is -0.143. The number of nitrogens with zero attached hydrogens (tertiary/aromatic N) is 4. The molecule has 2 saturated heterocycles. The number of aliphatic hydroxyl groups is 1. The van der Waals surface area contributed by atoms with Gasteiger partial charge in [-0.1, -0.05) is 56.3 Å². The Kier molecular flexibility index (Phi) is 21.8. The van der Waals surface area contributed by atoms with Gasteiger partial charge in [-0.3, -0.25) is 24.0 Å². The van der Waals surface area contributed by atoms with Crippen LogP contribution in [0.5, 0.6) is 11.5 Å². The van der Waals surface area contributed by atoms with Gasteiger partial charge in [0.2, 0.25) is 11.8 Å². The van der Waals surface area contributed by atoms with Crippen molar-refractivity contribution in [1.82, 2.24) is 30.4 Å². The van der Waals surface area contributed by atoms with Gasteiger partial charge in [0, 0.05) is 92.0 Å². The Bertz CT molecular complexity index is 3380. The van der Waals surface area contributed by atoms with E-state index < -0.39 is 24.1 Å². The lowest BCUT2D eigenvalue weighted by atomic mass is 9.95. The van der Waals surface area contributed by atoms with Crippen molar-refractivity contribution >= 4 is 40.7 Å². The number of hydrogen-bond donors (Lipinski definition) is 4. The smallest absolute Gasteiger partial charge is 0.255 e. The van der Waals surface area contributed by atoms with Crippen LogP contribution in [0.3, 0.4) is 0 Å². The molecule has 86 heavy (non-hydrogen) atoms. The Morgan fingerprint density at radius 1 is 0.814 bits per heavy atom. The first-order chi connectivity index (χ1) is 41.6.